The number of esters is 1. The Labute approximate surface area is 232 Å². The average molecular weight is 520 g/mol. The molecule has 0 spiro atoms. The van der Waals surface area contributed by atoms with Gasteiger partial charge in [0.2, 0.25) is 0 Å². The molecule has 1 heterocycles. The summed E-state index contributed by atoms with van der Waals surface area (Å²) in [5, 5.41) is 0. The minimum absolute atomic E-state index is 0.0438. The Balaban J connectivity index is 1.19. The van der Waals surface area contributed by atoms with Crippen LogP contribution in [0.1, 0.15) is 117 Å². The summed E-state index contributed by atoms with van der Waals surface area (Å²) in [5.41, 5.74) is 3.61. The molecule has 5 rings (SSSR count). The molecule has 8 atom stereocenters. The van der Waals surface area contributed by atoms with Gasteiger partial charge in [0.15, 0.2) is 0 Å². The van der Waals surface area contributed by atoms with Gasteiger partial charge in [-0.1, -0.05) is 65.5 Å². The molecule has 3 nitrogen and oxygen atoms in total. The van der Waals surface area contributed by atoms with Crippen LogP contribution in [-0.4, -0.2) is 17.1 Å². The van der Waals surface area contributed by atoms with E-state index in [1.165, 1.54) is 57.8 Å². The quantitative estimate of drug-likeness (QED) is 0.241. The number of ether oxygens (including phenoxy) is 1. The van der Waals surface area contributed by atoms with E-state index in [9.17, 15) is 4.79 Å². The van der Waals surface area contributed by atoms with Gasteiger partial charge >= 0.3 is 5.97 Å². The fourth-order valence-electron chi connectivity index (χ4n) is 9.79. The van der Waals surface area contributed by atoms with Crippen LogP contribution in [-0.2, 0) is 16.0 Å². The lowest BCUT2D eigenvalue weighted by molar-refractivity contribution is -0.151. The van der Waals surface area contributed by atoms with Crippen LogP contribution in [0.15, 0.2) is 36.2 Å². The average Bonchev–Trinajstić information content (AvgIpc) is 3.25. The van der Waals surface area contributed by atoms with Crippen molar-refractivity contribution < 1.29 is 9.53 Å². The van der Waals surface area contributed by atoms with Crippen LogP contribution < -0.4 is 0 Å². The van der Waals surface area contributed by atoms with Crippen molar-refractivity contribution in [2.75, 3.05) is 0 Å². The van der Waals surface area contributed by atoms with E-state index in [0.29, 0.717) is 17.3 Å². The van der Waals surface area contributed by atoms with E-state index in [-0.39, 0.29) is 12.1 Å². The van der Waals surface area contributed by atoms with Gasteiger partial charge in [0.05, 0.1) is 0 Å². The summed E-state index contributed by atoms with van der Waals surface area (Å²) in [6, 6.07) is 3.97. The van der Waals surface area contributed by atoms with E-state index < -0.39 is 0 Å². The Morgan fingerprint density at radius 3 is 2.58 bits per heavy atom. The van der Waals surface area contributed by atoms with Gasteiger partial charge in [-0.15, -0.1) is 0 Å². The van der Waals surface area contributed by atoms with Crippen LogP contribution in [0.4, 0.5) is 0 Å². The maximum atomic E-state index is 12.6. The minimum Gasteiger partial charge on any atom is -0.462 e. The molecule has 0 amide bonds. The lowest BCUT2D eigenvalue weighted by Crippen LogP contribution is -2.51. The molecule has 3 fully saturated rings. The van der Waals surface area contributed by atoms with Gasteiger partial charge in [-0.3, -0.25) is 9.78 Å². The highest BCUT2D eigenvalue weighted by Crippen LogP contribution is 2.67. The first kappa shape index (κ1) is 27.9. The lowest BCUT2D eigenvalue weighted by atomic mass is 9.47. The number of aryl methyl sites for hydroxylation is 1. The predicted octanol–water partition coefficient (Wildman–Crippen LogP) is 8.97. The first-order chi connectivity index (χ1) is 18.2. The number of allylic oxidation sites excluding steroid dienone is 1. The molecular formula is C35H53NO2. The monoisotopic (exact) mass is 519 g/mol. The van der Waals surface area contributed by atoms with Crippen LogP contribution in [0.25, 0.3) is 0 Å². The summed E-state index contributed by atoms with van der Waals surface area (Å²) in [5.74, 6) is 5.15. The number of pyridine rings is 1. The third-order valence-corrected chi connectivity index (χ3v) is 11.9. The maximum absolute atomic E-state index is 12.6. The van der Waals surface area contributed by atoms with Gasteiger partial charge in [-0.25, -0.2) is 0 Å². The fourth-order valence-corrected chi connectivity index (χ4v) is 9.79. The molecule has 2 unspecified atom stereocenters. The topological polar surface area (TPSA) is 39.2 Å². The Kier molecular flexibility index (Phi) is 8.42. The van der Waals surface area contributed by atoms with Crippen LogP contribution in [0.5, 0.6) is 0 Å². The number of nitrogens with zero attached hydrogens (tertiary/aromatic N) is 1. The highest BCUT2D eigenvalue weighted by Gasteiger charge is 2.59. The molecule has 1 aromatic rings. The number of aromatic nitrogens is 1. The SMILES string of the molecule is CC(C)CCC[C@@H](C)[C@H]1CC[C@H]2C3CC=C4CC(OC(=O)CCc5ccncc5)CC[C@]4(C)[C@H]3CC[C@]12C. The van der Waals surface area contributed by atoms with E-state index in [1.807, 2.05) is 12.1 Å². The molecule has 0 radical (unpaired) electrons. The van der Waals surface area contributed by atoms with Gasteiger partial charge in [-0.05, 0) is 115 Å². The zero-order chi connectivity index (χ0) is 26.9. The Morgan fingerprint density at radius 2 is 1.82 bits per heavy atom. The number of carbonyl (C=O) groups is 1. The summed E-state index contributed by atoms with van der Waals surface area (Å²) < 4.78 is 6.02. The van der Waals surface area contributed by atoms with E-state index in [0.717, 1.165) is 60.3 Å². The molecule has 0 aromatic carbocycles. The Hall–Kier alpha value is -1.64. The molecule has 0 N–H and O–H groups in total. The van der Waals surface area contributed by atoms with Crippen LogP contribution in [0.3, 0.4) is 0 Å². The van der Waals surface area contributed by atoms with Crippen LogP contribution in [0.2, 0.25) is 0 Å². The molecule has 4 aliphatic rings. The molecular weight excluding hydrogens is 466 g/mol. The van der Waals surface area contributed by atoms with Crippen molar-refractivity contribution in [2.24, 2.45) is 46.3 Å². The number of hydrogen-bond acceptors (Lipinski definition) is 3. The standard InChI is InChI=1S/C35H53NO2/c1-24(2)7-6-8-25(3)30-12-13-31-29-11-10-27-23-28(38-33(37)14-9-26-17-21-36-22-18-26)15-19-34(27,4)32(29)16-20-35(30,31)5/h10,17-18,21-22,24-25,28-32H,6-9,11-16,19-20,23H2,1-5H3/t25-,28?,29?,30-,31+,32+,34+,35-/m1/s1. The van der Waals surface area contributed by atoms with Crippen LogP contribution in [0, 0.1) is 46.3 Å². The molecule has 210 valence electrons. The molecule has 3 heteroatoms. The number of fused-ring (bicyclic) bond motifs is 5. The molecule has 38 heavy (non-hydrogen) atoms. The van der Waals surface area contributed by atoms with Gasteiger partial charge in [-0.2, -0.15) is 0 Å². The van der Waals surface area contributed by atoms with Crippen molar-refractivity contribution in [1.29, 1.82) is 0 Å². The smallest absolute Gasteiger partial charge is 0.306 e. The molecule has 1 aromatic heterocycles. The normalized spacial score (nSPS) is 37.1. The summed E-state index contributed by atoms with van der Waals surface area (Å²) in [6.07, 6.45) is 21.8. The van der Waals surface area contributed by atoms with Crippen LogP contribution >= 0.6 is 0 Å². The van der Waals surface area contributed by atoms with Crippen molar-refractivity contribution in [2.45, 2.75) is 124 Å². The van der Waals surface area contributed by atoms with E-state index in [1.54, 1.807) is 18.0 Å². The molecule has 0 aliphatic heterocycles. The molecule has 0 bridgehead atoms. The molecule has 0 saturated heterocycles. The number of hydrogen-bond donors (Lipinski definition) is 0. The number of rotatable bonds is 9. The minimum atomic E-state index is -0.0438. The van der Waals surface area contributed by atoms with Gasteiger partial charge in [0, 0.05) is 25.2 Å². The van der Waals surface area contributed by atoms with E-state index in [2.05, 4.69) is 45.7 Å². The Morgan fingerprint density at radius 1 is 1.03 bits per heavy atom. The second-order valence-corrected chi connectivity index (χ2v) is 14.5. The summed E-state index contributed by atoms with van der Waals surface area (Å²) >= 11 is 0. The highest BCUT2D eigenvalue weighted by molar-refractivity contribution is 5.70. The van der Waals surface area contributed by atoms with Gasteiger partial charge in [0.25, 0.3) is 0 Å². The summed E-state index contributed by atoms with van der Waals surface area (Å²) in [6.45, 7) is 12.6. The fraction of sp³-hybridized carbons (Fsp3) is 0.771. The third-order valence-electron chi connectivity index (χ3n) is 11.9. The first-order valence-corrected chi connectivity index (χ1v) is 16.0. The van der Waals surface area contributed by atoms with Gasteiger partial charge < -0.3 is 4.74 Å². The maximum Gasteiger partial charge on any atom is 0.306 e. The van der Waals surface area contributed by atoms with E-state index in [4.69, 9.17) is 4.74 Å². The molecule has 3 saturated carbocycles. The van der Waals surface area contributed by atoms with Crippen molar-refractivity contribution in [1.82, 2.24) is 4.98 Å². The Bertz CT molecular complexity index is 985. The second kappa shape index (κ2) is 11.5. The zero-order valence-electron chi connectivity index (χ0n) is 24.9. The van der Waals surface area contributed by atoms with Crippen molar-refractivity contribution >= 4 is 5.97 Å². The second-order valence-electron chi connectivity index (χ2n) is 14.5. The van der Waals surface area contributed by atoms with Gasteiger partial charge in [0.1, 0.15) is 6.10 Å². The lowest BCUT2D eigenvalue weighted by Gasteiger charge is -2.58. The van der Waals surface area contributed by atoms with Crippen molar-refractivity contribution in [3.63, 3.8) is 0 Å². The van der Waals surface area contributed by atoms with Crippen molar-refractivity contribution in [3.05, 3.63) is 41.7 Å². The van der Waals surface area contributed by atoms with E-state index >= 15 is 0 Å². The predicted molar refractivity (Wildman–Crippen MR) is 155 cm³/mol. The van der Waals surface area contributed by atoms with Crippen molar-refractivity contribution in [3.8, 4) is 0 Å². The summed E-state index contributed by atoms with van der Waals surface area (Å²) in [4.78, 5) is 16.7. The third kappa shape index (κ3) is 5.50. The molecule has 4 aliphatic carbocycles. The zero-order valence-corrected chi connectivity index (χ0v) is 24.9. The largest absolute Gasteiger partial charge is 0.462 e. The number of carbonyl (C=O) groups excluding carboxylic acids is 1. The highest BCUT2D eigenvalue weighted by atomic mass is 16.5. The summed E-state index contributed by atoms with van der Waals surface area (Å²) in [7, 11) is 0. The first-order valence-electron chi connectivity index (χ1n) is 16.0.